The molecule has 1 heterocycles. The number of aromatic nitrogens is 1. The van der Waals surface area contributed by atoms with Gasteiger partial charge in [0, 0.05) is 11.3 Å². The summed E-state index contributed by atoms with van der Waals surface area (Å²) in [6.07, 6.45) is 6.83. The van der Waals surface area contributed by atoms with E-state index in [2.05, 4.69) is 70.2 Å². The third kappa shape index (κ3) is 10.4. The number of carbonyl (C=O) groups is 2. The molecule has 0 aliphatic rings. The number of Topliss-reactive ketones (excluding diaryl/α,β-unsaturated/α-hetero) is 1. The highest BCUT2D eigenvalue weighted by Crippen LogP contribution is 2.39. The molecule has 222 valence electrons. The number of nitrogens with zero attached hydrogens (tertiary/aromatic N) is 1. The van der Waals surface area contributed by atoms with Gasteiger partial charge in [0.2, 0.25) is 0 Å². The summed E-state index contributed by atoms with van der Waals surface area (Å²) >= 11 is 1.65. The Morgan fingerprint density at radius 2 is 1.74 bits per heavy atom. The number of carboxylic acids is 1. The standard InChI is InChI=1S/C31H53NO5SSi/c1-20(14-13-15-21(2)27(33)23(4)28(34)31(9,10)29(35)36)16-17-26(37-39(11,12)30(6,7)8)22(3)18-25-19-38-24(5)32-25/h16,18-19,21,23,26-27,33H,13-15,17H2,1-12H3,(H,35,36)/t21-,23+,26-,27-/m0/s1. The normalized spacial score (nSPS) is 17.1. The second kappa shape index (κ2) is 14.3. The molecule has 1 aromatic heterocycles. The molecule has 39 heavy (non-hydrogen) atoms. The van der Waals surface area contributed by atoms with Crippen LogP contribution in [0.25, 0.3) is 6.08 Å². The molecule has 0 aromatic carbocycles. The van der Waals surface area contributed by atoms with E-state index in [-0.39, 0.29) is 17.1 Å². The number of ketones is 1. The van der Waals surface area contributed by atoms with Gasteiger partial charge >= 0.3 is 5.97 Å². The molecule has 0 radical (unpaired) electrons. The molecule has 8 heteroatoms. The predicted octanol–water partition coefficient (Wildman–Crippen LogP) is 8.06. The fourth-order valence-electron chi connectivity index (χ4n) is 4.24. The smallest absolute Gasteiger partial charge is 0.316 e. The number of aliphatic hydroxyl groups excluding tert-OH is 1. The van der Waals surface area contributed by atoms with Gasteiger partial charge in [0.15, 0.2) is 14.1 Å². The number of rotatable bonds is 15. The third-order valence-corrected chi connectivity index (χ3v) is 13.6. The number of aliphatic hydroxyl groups is 1. The average Bonchev–Trinajstić information content (AvgIpc) is 3.23. The Balaban J connectivity index is 2.86. The van der Waals surface area contributed by atoms with Gasteiger partial charge in [-0.2, -0.15) is 0 Å². The van der Waals surface area contributed by atoms with Crippen LogP contribution in [-0.2, 0) is 14.0 Å². The molecular weight excluding hydrogens is 526 g/mol. The molecule has 0 saturated heterocycles. The van der Waals surface area contributed by atoms with Gasteiger partial charge in [0.1, 0.15) is 5.41 Å². The molecule has 6 nitrogen and oxygen atoms in total. The van der Waals surface area contributed by atoms with Crippen LogP contribution in [0.4, 0.5) is 0 Å². The van der Waals surface area contributed by atoms with Crippen molar-refractivity contribution in [1.82, 2.24) is 4.98 Å². The lowest BCUT2D eigenvalue weighted by molar-refractivity contribution is -0.155. The van der Waals surface area contributed by atoms with Gasteiger partial charge in [0.25, 0.3) is 0 Å². The lowest BCUT2D eigenvalue weighted by atomic mass is 9.77. The van der Waals surface area contributed by atoms with Crippen molar-refractivity contribution < 1.29 is 24.2 Å². The minimum absolute atomic E-state index is 0.0203. The van der Waals surface area contributed by atoms with E-state index in [1.165, 1.54) is 25.0 Å². The van der Waals surface area contributed by atoms with E-state index >= 15 is 0 Å². The molecule has 0 fully saturated rings. The highest BCUT2D eigenvalue weighted by molar-refractivity contribution is 7.09. The van der Waals surface area contributed by atoms with E-state index in [1.54, 1.807) is 18.3 Å². The number of carboxylic acid groups (broad SMARTS) is 1. The fraction of sp³-hybridized carbons (Fsp3) is 0.710. The molecule has 4 atom stereocenters. The highest BCUT2D eigenvalue weighted by Gasteiger charge is 2.42. The molecule has 0 saturated carbocycles. The topological polar surface area (TPSA) is 96.7 Å². The monoisotopic (exact) mass is 579 g/mol. The Kier molecular flexibility index (Phi) is 13.0. The van der Waals surface area contributed by atoms with Crippen LogP contribution < -0.4 is 0 Å². The highest BCUT2D eigenvalue weighted by atomic mass is 32.1. The first-order valence-corrected chi connectivity index (χ1v) is 17.9. The van der Waals surface area contributed by atoms with Crippen LogP contribution >= 0.6 is 11.3 Å². The van der Waals surface area contributed by atoms with Gasteiger partial charge in [-0.05, 0) is 96.0 Å². The van der Waals surface area contributed by atoms with Crippen LogP contribution in [-0.4, -0.2) is 47.5 Å². The molecule has 1 aromatic rings. The molecule has 0 aliphatic heterocycles. The van der Waals surface area contributed by atoms with Crippen LogP contribution in [0, 0.1) is 24.2 Å². The Labute approximate surface area is 242 Å². The molecule has 0 aliphatic carbocycles. The van der Waals surface area contributed by atoms with Crippen molar-refractivity contribution in [2.45, 2.75) is 125 Å². The fourth-order valence-corrected chi connectivity index (χ4v) is 6.16. The predicted molar refractivity (Wildman–Crippen MR) is 166 cm³/mol. The van der Waals surface area contributed by atoms with Gasteiger partial charge in [-0.25, -0.2) is 4.98 Å². The van der Waals surface area contributed by atoms with Crippen molar-refractivity contribution in [2.24, 2.45) is 17.3 Å². The van der Waals surface area contributed by atoms with Gasteiger partial charge in [0.05, 0.1) is 22.9 Å². The number of aryl methyl sites for hydroxylation is 1. The van der Waals surface area contributed by atoms with E-state index in [0.717, 1.165) is 36.4 Å². The van der Waals surface area contributed by atoms with Gasteiger partial charge < -0.3 is 14.6 Å². The number of hydrogen-bond donors (Lipinski definition) is 2. The second-order valence-electron chi connectivity index (χ2n) is 13.3. The number of allylic oxidation sites excluding steroid dienone is 1. The SMILES string of the molecule is CC(=CC[C@H](O[Si](C)(C)C(C)(C)C)C(C)=Cc1csc(C)n1)CCC[C@H](C)[C@H](O)[C@@H](C)C(=O)C(C)(C)C(=O)O. The number of thiazole rings is 1. The summed E-state index contributed by atoms with van der Waals surface area (Å²) in [4.78, 5) is 28.7. The molecule has 1 rings (SSSR count). The summed E-state index contributed by atoms with van der Waals surface area (Å²) in [5.74, 6) is -2.44. The van der Waals surface area contributed by atoms with E-state index in [4.69, 9.17) is 4.43 Å². The zero-order valence-electron chi connectivity index (χ0n) is 26.3. The summed E-state index contributed by atoms with van der Waals surface area (Å²) in [6.45, 7) is 24.0. The van der Waals surface area contributed by atoms with Gasteiger partial charge in [-0.15, -0.1) is 11.3 Å². The van der Waals surface area contributed by atoms with E-state index < -0.39 is 37.5 Å². The van der Waals surface area contributed by atoms with Crippen LogP contribution in [0.1, 0.15) is 98.7 Å². The maximum Gasteiger partial charge on any atom is 0.316 e. The molecule has 0 spiro atoms. The molecule has 0 bridgehead atoms. The minimum atomic E-state index is -1.99. The number of hydrogen-bond acceptors (Lipinski definition) is 6. The summed E-state index contributed by atoms with van der Waals surface area (Å²) in [7, 11) is -1.99. The first kappa shape index (κ1) is 35.4. The summed E-state index contributed by atoms with van der Waals surface area (Å²) in [6, 6.07) is 0. The molecule has 0 amide bonds. The largest absolute Gasteiger partial charge is 0.481 e. The van der Waals surface area contributed by atoms with Crippen molar-refractivity contribution in [1.29, 1.82) is 0 Å². The Morgan fingerprint density at radius 3 is 2.23 bits per heavy atom. The third-order valence-electron chi connectivity index (χ3n) is 8.33. The Bertz CT molecular complexity index is 1030. The minimum Gasteiger partial charge on any atom is -0.481 e. The van der Waals surface area contributed by atoms with Gasteiger partial charge in [-0.3, -0.25) is 9.59 Å². The van der Waals surface area contributed by atoms with Crippen LogP contribution in [0.5, 0.6) is 0 Å². The average molecular weight is 580 g/mol. The number of carbonyl (C=O) groups excluding carboxylic acids is 1. The zero-order chi connectivity index (χ0) is 30.3. The lowest BCUT2D eigenvalue weighted by Crippen LogP contribution is -2.44. The van der Waals surface area contributed by atoms with Crippen molar-refractivity contribution >= 4 is 37.5 Å². The summed E-state index contributed by atoms with van der Waals surface area (Å²) in [5.41, 5.74) is 1.92. The quantitative estimate of drug-likeness (QED) is 0.124. The Morgan fingerprint density at radius 1 is 1.15 bits per heavy atom. The Hall–Kier alpha value is -1.61. The molecular formula is C31H53NO5SSi. The van der Waals surface area contributed by atoms with Crippen LogP contribution in [0.15, 0.2) is 22.6 Å². The second-order valence-corrected chi connectivity index (χ2v) is 19.1. The summed E-state index contributed by atoms with van der Waals surface area (Å²) in [5, 5.41) is 23.3. The van der Waals surface area contributed by atoms with E-state index in [9.17, 15) is 19.8 Å². The van der Waals surface area contributed by atoms with Crippen molar-refractivity contribution in [2.75, 3.05) is 0 Å². The lowest BCUT2D eigenvalue weighted by Gasteiger charge is -2.39. The first-order valence-electron chi connectivity index (χ1n) is 14.1. The molecule has 0 unspecified atom stereocenters. The molecule has 2 N–H and O–H groups in total. The van der Waals surface area contributed by atoms with Crippen LogP contribution in [0.3, 0.4) is 0 Å². The van der Waals surface area contributed by atoms with Gasteiger partial charge in [-0.1, -0.05) is 46.3 Å². The van der Waals surface area contributed by atoms with E-state index in [0.29, 0.717) is 0 Å². The summed E-state index contributed by atoms with van der Waals surface area (Å²) < 4.78 is 6.86. The van der Waals surface area contributed by atoms with Crippen molar-refractivity contribution in [3.05, 3.63) is 33.3 Å². The maximum atomic E-state index is 12.6. The maximum absolute atomic E-state index is 12.6. The van der Waals surface area contributed by atoms with E-state index in [1.807, 2.05) is 13.8 Å². The zero-order valence-corrected chi connectivity index (χ0v) is 28.2. The number of aliphatic carboxylic acids is 1. The van der Waals surface area contributed by atoms with Crippen LogP contribution in [0.2, 0.25) is 18.1 Å². The van der Waals surface area contributed by atoms with Crippen molar-refractivity contribution in [3.63, 3.8) is 0 Å². The van der Waals surface area contributed by atoms with Crippen molar-refractivity contribution in [3.8, 4) is 0 Å². The first-order chi connectivity index (χ1) is 17.7.